The smallest absolute Gasteiger partial charge is 0.0938 e. The van der Waals surface area contributed by atoms with E-state index in [-0.39, 0.29) is 0 Å². The molecule has 0 bridgehead atoms. The predicted octanol–water partition coefficient (Wildman–Crippen LogP) is 2.54. The van der Waals surface area contributed by atoms with Gasteiger partial charge in [0, 0.05) is 29.7 Å². The van der Waals surface area contributed by atoms with Gasteiger partial charge in [0.1, 0.15) is 0 Å². The fourth-order valence-electron chi connectivity index (χ4n) is 2.92. The summed E-state index contributed by atoms with van der Waals surface area (Å²) in [6.45, 7) is 3.09. The van der Waals surface area contributed by atoms with Gasteiger partial charge in [-0.15, -0.1) is 0 Å². The summed E-state index contributed by atoms with van der Waals surface area (Å²) in [6.07, 6.45) is 3.37. The lowest BCUT2D eigenvalue weighted by molar-refractivity contribution is -0.0409. The van der Waals surface area contributed by atoms with Crippen LogP contribution >= 0.6 is 0 Å². The summed E-state index contributed by atoms with van der Waals surface area (Å²) in [7, 11) is 2.11. The second-order valence-corrected chi connectivity index (χ2v) is 5.73. The van der Waals surface area contributed by atoms with E-state index < -0.39 is 5.60 Å². The zero-order valence-electron chi connectivity index (χ0n) is 11.5. The SMILES string of the molecule is CC1CC(O)(c2cnc3ccccc3c2)CCN1C. The average molecular weight is 256 g/mol. The van der Waals surface area contributed by atoms with Crippen molar-refractivity contribution in [1.82, 2.24) is 9.88 Å². The fourth-order valence-corrected chi connectivity index (χ4v) is 2.92. The Bertz CT molecular complexity index is 598. The summed E-state index contributed by atoms with van der Waals surface area (Å²) in [4.78, 5) is 6.77. The first-order valence-corrected chi connectivity index (χ1v) is 6.86. The van der Waals surface area contributed by atoms with Gasteiger partial charge in [0.25, 0.3) is 0 Å². The third kappa shape index (κ3) is 2.24. The number of aliphatic hydroxyl groups is 1. The molecule has 3 rings (SSSR count). The first-order chi connectivity index (χ1) is 9.08. The molecule has 2 aromatic rings. The quantitative estimate of drug-likeness (QED) is 0.852. The molecule has 1 aromatic heterocycles. The second-order valence-electron chi connectivity index (χ2n) is 5.73. The van der Waals surface area contributed by atoms with E-state index in [9.17, 15) is 5.11 Å². The molecule has 19 heavy (non-hydrogen) atoms. The van der Waals surface area contributed by atoms with Gasteiger partial charge in [0.2, 0.25) is 0 Å². The third-order valence-corrected chi connectivity index (χ3v) is 4.39. The second kappa shape index (κ2) is 4.58. The van der Waals surface area contributed by atoms with Crippen molar-refractivity contribution in [1.29, 1.82) is 0 Å². The number of para-hydroxylation sites is 1. The average Bonchev–Trinajstić information content (AvgIpc) is 2.43. The maximum Gasteiger partial charge on any atom is 0.0938 e. The van der Waals surface area contributed by atoms with Gasteiger partial charge in [-0.2, -0.15) is 0 Å². The number of benzene rings is 1. The number of rotatable bonds is 1. The first kappa shape index (κ1) is 12.6. The molecule has 0 spiro atoms. The largest absolute Gasteiger partial charge is 0.385 e. The number of aromatic nitrogens is 1. The van der Waals surface area contributed by atoms with Crippen LogP contribution in [0.15, 0.2) is 36.5 Å². The molecule has 3 nitrogen and oxygen atoms in total. The van der Waals surface area contributed by atoms with Gasteiger partial charge < -0.3 is 10.0 Å². The van der Waals surface area contributed by atoms with Gasteiger partial charge in [-0.1, -0.05) is 18.2 Å². The van der Waals surface area contributed by atoms with Gasteiger partial charge >= 0.3 is 0 Å². The Hall–Kier alpha value is -1.45. The molecule has 3 heteroatoms. The predicted molar refractivity (Wildman–Crippen MR) is 77.0 cm³/mol. The van der Waals surface area contributed by atoms with Crippen molar-refractivity contribution < 1.29 is 5.11 Å². The summed E-state index contributed by atoms with van der Waals surface area (Å²) in [6, 6.07) is 10.5. The van der Waals surface area contributed by atoms with Gasteiger partial charge in [0.05, 0.1) is 11.1 Å². The number of nitrogens with zero attached hydrogens (tertiary/aromatic N) is 2. The van der Waals surface area contributed by atoms with Crippen molar-refractivity contribution in [3.05, 3.63) is 42.1 Å². The zero-order valence-corrected chi connectivity index (χ0v) is 11.5. The van der Waals surface area contributed by atoms with Gasteiger partial charge in [-0.25, -0.2) is 0 Å². The highest BCUT2D eigenvalue weighted by Gasteiger charge is 2.36. The molecule has 1 saturated heterocycles. The lowest BCUT2D eigenvalue weighted by atomic mass is 9.82. The van der Waals surface area contributed by atoms with Crippen molar-refractivity contribution in [3.8, 4) is 0 Å². The van der Waals surface area contributed by atoms with Crippen LogP contribution in [0.5, 0.6) is 0 Å². The van der Waals surface area contributed by atoms with Crippen LogP contribution in [-0.2, 0) is 5.60 Å². The molecule has 1 N–H and O–H groups in total. The van der Waals surface area contributed by atoms with Gasteiger partial charge in [-0.05, 0) is 38.9 Å². The van der Waals surface area contributed by atoms with Crippen LogP contribution in [0.2, 0.25) is 0 Å². The molecular formula is C16H20N2O. The summed E-state index contributed by atoms with van der Waals surface area (Å²) in [5, 5.41) is 12.0. The number of likely N-dealkylation sites (tertiary alicyclic amines) is 1. The van der Waals surface area contributed by atoms with Gasteiger partial charge in [0.15, 0.2) is 0 Å². The molecule has 2 heterocycles. The van der Waals surface area contributed by atoms with Crippen molar-refractivity contribution in [3.63, 3.8) is 0 Å². The van der Waals surface area contributed by atoms with E-state index in [1.807, 2.05) is 30.5 Å². The topological polar surface area (TPSA) is 36.4 Å². The highest BCUT2D eigenvalue weighted by Crippen LogP contribution is 2.35. The maximum absolute atomic E-state index is 10.9. The van der Waals surface area contributed by atoms with Crippen LogP contribution in [0, 0.1) is 0 Å². The van der Waals surface area contributed by atoms with E-state index in [1.54, 1.807) is 0 Å². The van der Waals surface area contributed by atoms with Crippen molar-refractivity contribution >= 4 is 10.9 Å². The molecule has 1 aliphatic heterocycles. The van der Waals surface area contributed by atoms with E-state index in [4.69, 9.17) is 0 Å². The van der Waals surface area contributed by atoms with Crippen LogP contribution in [0.4, 0.5) is 0 Å². The molecular weight excluding hydrogens is 236 g/mol. The minimum absolute atomic E-state index is 0.394. The summed E-state index contributed by atoms with van der Waals surface area (Å²) >= 11 is 0. The van der Waals surface area contributed by atoms with Crippen LogP contribution in [0.3, 0.4) is 0 Å². The Balaban J connectivity index is 1.99. The molecule has 0 amide bonds. The monoisotopic (exact) mass is 256 g/mol. The highest BCUT2D eigenvalue weighted by molar-refractivity contribution is 5.78. The summed E-state index contributed by atoms with van der Waals surface area (Å²) in [5.41, 5.74) is 1.20. The molecule has 1 fully saturated rings. The molecule has 1 aliphatic rings. The number of hydrogen-bond donors (Lipinski definition) is 1. The highest BCUT2D eigenvalue weighted by atomic mass is 16.3. The lowest BCUT2D eigenvalue weighted by Gasteiger charge is -2.41. The molecule has 2 unspecified atom stereocenters. The van der Waals surface area contributed by atoms with Crippen LogP contribution < -0.4 is 0 Å². The van der Waals surface area contributed by atoms with Crippen molar-refractivity contribution in [2.45, 2.75) is 31.4 Å². The lowest BCUT2D eigenvalue weighted by Crippen LogP contribution is -2.45. The Labute approximate surface area is 113 Å². The molecule has 100 valence electrons. The van der Waals surface area contributed by atoms with Crippen LogP contribution in [0.25, 0.3) is 10.9 Å². The Morgan fingerprint density at radius 1 is 1.37 bits per heavy atom. The van der Waals surface area contributed by atoms with E-state index >= 15 is 0 Å². The number of hydrogen-bond acceptors (Lipinski definition) is 3. The Morgan fingerprint density at radius 2 is 2.16 bits per heavy atom. The van der Waals surface area contributed by atoms with Crippen LogP contribution in [-0.4, -0.2) is 34.6 Å². The van der Waals surface area contributed by atoms with E-state index in [0.29, 0.717) is 6.04 Å². The maximum atomic E-state index is 10.9. The van der Waals surface area contributed by atoms with E-state index in [0.717, 1.165) is 35.9 Å². The Kier molecular flexibility index (Phi) is 3.03. The molecule has 1 aromatic carbocycles. The standard InChI is InChI=1S/C16H20N2O/c1-12-10-16(19,7-8-18(12)2)14-9-13-5-3-4-6-15(13)17-11-14/h3-6,9,11-12,19H,7-8,10H2,1-2H3. The first-order valence-electron chi connectivity index (χ1n) is 6.86. The van der Waals surface area contributed by atoms with Crippen molar-refractivity contribution in [2.75, 3.05) is 13.6 Å². The fraction of sp³-hybridized carbons (Fsp3) is 0.438. The number of pyridine rings is 1. The van der Waals surface area contributed by atoms with Gasteiger partial charge in [-0.3, -0.25) is 4.98 Å². The molecule has 2 atom stereocenters. The normalized spacial score (nSPS) is 28.7. The molecule has 0 saturated carbocycles. The van der Waals surface area contributed by atoms with Crippen LogP contribution in [0.1, 0.15) is 25.3 Å². The minimum Gasteiger partial charge on any atom is -0.385 e. The van der Waals surface area contributed by atoms with Crippen molar-refractivity contribution in [2.24, 2.45) is 0 Å². The number of piperidine rings is 1. The summed E-state index contributed by atoms with van der Waals surface area (Å²) in [5.74, 6) is 0. The Morgan fingerprint density at radius 3 is 2.95 bits per heavy atom. The molecule has 0 radical (unpaired) electrons. The third-order valence-electron chi connectivity index (χ3n) is 4.39. The number of fused-ring (bicyclic) bond motifs is 1. The van der Waals surface area contributed by atoms with E-state index in [2.05, 4.69) is 29.9 Å². The minimum atomic E-state index is -0.733. The molecule has 0 aliphatic carbocycles. The van der Waals surface area contributed by atoms with E-state index in [1.165, 1.54) is 0 Å². The zero-order chi connectivity index (χ0) is 13.5. The summed E-state index contributed by atoms with van der Waals surface area (Å²) < 4.78 is 0.